The molecule has 0 spiro atoms. The molecule has 73 heavy (non-hydrogen) atoms. The molecule has 0 radical (unpaired) electrons. The Bertz CT molecular complexity index is 3970. The minimum absolute atomic E-state index is 0.144. The maximum absolute atomic E-state index is 7.53. The Hall–Kier alpha value is -9.52. The Morgan fingerprint density at radius 2 is 0.973 bits per heavy atom. The van der Waals surface area contributed by atoms with E-state index in [-0.39, 0.29) is 6.71 Å². The molecule has 1 aromatic heterocycles. The van der Waals surface area contributed by atoms with E-state index in [9.17, 15) is 0 Å². The van der Waals surface area contributed by atoms with Gasteiger partial charge in [0.15, 0.2) is 0 Å². The van der Waals surface area contributed by atoms with Crippen LogP contribution in [0.5, 0.6) is 11.5 Å². The Balaban J connectivity index is 1.01. The lowest BCUT2D eigenvalue weighted by atomic mass is 9.34. The van der Waals surface area contributed by atoms with Crippen LogP contribution < -0.4 is 35.8 Å². The molecule has 2 aliphatic rings. The van der Waals surface area contributed by atoms with E-state index in [0.717, 1.165) is 101 Å². The highest BCUT2D eigenvalue weighted by Crippen LogP contribution is 2.49. The van der Waals surface area contributed by atoms with Crippen molar-refractivity contribution in [3.8, 4) is 28.3 Å². The largest absolute Gasteiger partial charge is 0.458 e. The minimum Gasteiger partial charge on any atom is -0.458 e. The van der Waals surface area contributed by atoms with Gasteiger partial charge in [-0.1, -0.05) is 163 Å². The van der Waals surface area contributed by atoms with Crippen molar-refractivity contribution >= 4 is 96.1 Å². The second-order valence-corrected chi connectivity index (χ2v) is 19.0. The fourth-order valence-electron chi connectivity index (χ4n) is 11.4. The quantitative estimate of drug-likeness (QED) is 0.135. The van der Waals surface area contributed by atoms with Crippen LogP contribution in [0.4, 0.5) is 51.2 Å². The SMILES string of the molecule is Cc1ccc(N(c2ccc3c(c2)Oc2c(-c4ccccc4)ccc4c2B3c2ccc(N(c3ccccc3)c3ccccc3)cc2N4c2ccccc2)c2cccc3c4ccccc4n(-c4ccccc4)c23)cc1. The highest BCUT2D eigenvalue weighted by molar-refractivity contribution is 6.99. The van der Waals surface area contributed by atoms with Crippen LogP contribution in [-0.2, 0) is 0 Å². The molecule has 12 aromatic rings. The third-order valence-electron chi connectivity index (χ3n) is 14.7. The Kier molecular flexibility index (Phi) is 10.1. The highest BCUT2D eigenvalue weighted by Gasteiger charge is 2.43. The first-order valence-corrected chi connectivity index (χ1v) is 25.0. The van der Waals surface area contributed by atoms with Crippen LogP contribution >= 0.6 is 0 Å². The monoisotopic (exact) mass is 934 g/mol. The molecule has 0 atom stereocenters. The molecule has 6 heteroatoms. The number of para-hydroxylation sites is 6. The Morgan fingerprint density at radius 1 is 0.411 bits per heavy atom. The number of fused-ring (bicyclic) bond motifs is 7. The van der Waals surface area contributed by atoms with E-state index in [0.29, 0.717) is 0 Å². The van der Waals surface area contributed by atoms with Crippen molar-refractivity contribution in [3.63, 3.8) is 0 Å². The number of nitrogens with zero attached hydrogens (tertiary/aromatic N) is 4. The van der Waals surface area contributed by atoms with Gasteiger partial charge in [-0.05, 0) is 132 Å². The van der Waals surface area contributed by atoms with Crippen molar-refractivity contribution in [3.05, 3.63) is 272 Å². The molecule has 11 aromatic carbocycles. The molecular weight excluding hydrogens is 888 g/mol. The average molecular weight is 935 g/mol. The zero-order valence-corrected chi connectivity index (χ0v) is 40.2. The lowest BCUT2D eigenvalue weighted by Crippen LogP contribution is -2.59. The fraction of sp³-hybridized carbons (Fsp3) is 0.0149. The van der Waals surface area contributed by atoms with Gasteiger partial charge in [0.05, 0.1) is 16.7 Å². The van der Waals surface area contributed by atoms with Crippen molar-refractivity contribution in [1.29, 1.82) is 0 Å². The summed E-state index contributed by atoms with van der Waals surface area (Å²) in [5, 5.41) is 2.40. The second kappa shape index (κ2) is 17.4. The van der Waals surface area contributed by atoms with E-state index in [1.165, 1.54) is 21.8 Å². The van der Waals surface area contributed by atoms with E-state index < -0.39 is 0 Å². The molecule has 0 amide bonds. The van der Waals surface area contributed by atoms with E-state index in [1.807, 2.05) is 0 Å². The predicted molar refractivity (Wildman–Crippen MR) is 306 cm³/mol. The number of aromatic nitrogens is 1. The topological polar surface area (TPSA) is 23.9 Å². The van der Waals surface area contributed by atoms with Crippen LogP contribution in [0.15, 0.2) is 267 Å². The molecule has 14 rings (SSSR count). The maximum Gasteiger partial charge on any atom is 0.256 e. The van der Waals surface area contributed by atoms with Gasteiger partial charge in [0.2, 0.25) is 0 Å². The molecule has 3 heterocycles. The summed E-state index contributed by atoms with van der Waals surface area (Å²) in [6.45, 7) is 2.00. The van der Waals surface area contributed by atoms with Crippen LogP contribution in [0.25, 0.3) is 38.6 Å². The zero-order valence-electron chi connectivity index (χ0n) is 40.2. The van der Waals surface area contributed by atoms with Crippen LogP contribution in [0.1, 0.15) is 5.56 Å². The molecule has 0 unspecified atom stereocenters. The van der Waals surface area contributed by atoms with Crippen LogP contribution in [-0.4, -0.2) is 11.3 Å². The summed E-state index contributed by atoms with van der Waals surface area (Å²) >= 11 is 0. The summed E-state index contributed by atoms with van der Waals surface area (Å²) in [5.41, 5.74) is 19.9. The van der Waals surface area contributed by atoms with Crippen molar-refractivity contribution in [2.75, 3.05) is 14.7 Å². The van der Waals surface area contributed by atoms with Gasteiger partial charge >= 0.3 is 0 Å². The van der Waals surface area contributed by atoms with Gasteiger partial charge < -0.3 is 24.0 Å². The first-order chi connectivity index (χ1) is 36.2. The predicted octanol–water partition coefficient (Wildman–Crippen LogP) is 16.1. The van der Waals surface area contributed by atoms with E-state index in [1.54, 1.807) is 0 Å². The molecular formula is C67H47BN4O. The smallest absolute Gasteiger partial charge is 0.256 e. The summed E-state index contributed by atoms with van der Waals surface area (Å²) in [6, 6.07) is 96.3. The van der Waals surface area contributed by atoms with E-state index in [2.05, 4.69) is 293 Å². The molecule has 2 aliphatic heterocycles. The van der Waals surface area contributed by atoms with Gasteiger partial charge in [0, 0.05) is 73.6 Å². The molecule has 344 valence electrons. The zero-order chi connectivity index (χ0) is 48.4. The van der Waals surface area contributed by atoms with Crippen LogP contribution in [0, 0.1) is 6.92 Å². The number of aryl methyl sites for hydroxylation is 1. The summed E-state index contributed by atoms with van der Waals surface area (Å²) in [4.78, 5) is 7.20. The average Bonchev–Trinajstić information content (AvgIpc) is 3.83. The number of ether oxygens (including phenoxy) is 1. The molecule has 0 aliphatic carbocycles. The molecule has 0 fully saturated rings. The van der Waals surface area contributed by atoms with Gasteiger partial charge in [-0.25, -0.2) is 0 Å². The summed E-state index contributed by atoms with van der Waals surface area (Å²) in [7, 11) is 0. The second-order valence-electron chi connectivity index (χ2n) is 19.0. The number of hydrogen-bond donors (Lipinski definition) is 0. The first-order valence-electron chi connectivity index (χ1n) is 25.0. The molecule has 0 bridgehead atoms. The third-order valence-corrected chi connectivity index (χ3v) is 14.7. The molecule has 5 nitrogen and oxygen atoms in total. The standard InChI is InChI=1S/C67H47BN4O/c1-46-34-36-52(37-35-46)70(62-33-19-31-57-56-30-17-18-32-60(56)72(66(57)62)51-28-15-6-16-29-51)54-39-42-59-64(45-54)73-67-55(47-20-7-2-8-21-47)40-43-61-65(67)68(59)58-41-38-53(44-63(58)71(61)50-26-13-5-14-27-50)69(48-22-9-3-10-23-48)49-24-11-4-12-25-49/h2-45H,1H3. The summed E-state index contributed by atoms with van der Waals surface area (Å²) in [5.74, 6) is 1.70. The summed E-state index contributed by atoms with van der Waals surface area (Å²) < 4.78 is 9.95. The normalized spacial score (nSPS) is 12.2. The minimum atomic E-state index is -0.144. The number of benzene rings is 11. The van der Waals surface area contributed by atoms with Crippen molar-refractivity contribution in [2.24, 2.45) is 0 Å². The highest BCUT2D eigenvalue weighted by atomic mass is 16.5. The van der Waals surface area contributed by atoms with E-state index in [4.69, 9.17) is 4.74 Å². The van der Waals surface area contributed by atoms with Crippen molar-refractivity contribution in [1.82, 2.24) is 4.57 Å². The maximum atomic E-state index is 7.53. The van der Waals surface area contributed by atoms with Crippen molar-refractivity contribution in [2.45, 2.75) is 6.92 Å². The Morgan fingerprint density at radius 3 is 1.67 bits per heavy atom. The lowest BCUT2D eigenvalue weighted by molar-refractivity contribution is 0.489. The number of anilines is 9. The van der Waals surface area contributed by atoms with Crippen LogP contribution in [0.2, 0.25) is 0 Å². The molecule has 0 saturated heterocycles. The van der Waals surface area contributed by atoms with Gasteiger partial charge in [-0.2, -0.15) is 0 Å². The van der Waals surface area contributed by atoms with Gasteiger partial charge in [0.25, 0.3) is 6.71 Å². The molecule has 0 saturated carbocycles. The number of rotatable bonds is 9. The van der Waals surface area contributed by atoms with Crippen LogP contribution in [0.3, 0.4) is 0 Å². The fourth-order valence-corrected chi connectivity index (χ4v) is 11.4. The van der Waals surface area contributed by atoms with Gasteiger partial charge in [-0.15, -0.1) is 0 Å². The molecule has 0 N–H and O–H groups in total. The first kappa shape index (κ1) is 42.4. The Labute approximate surface area is 425 Å². The van der Waals surface area contributed by atoms with E-state index >= 15 is 0 Å². The lowest BCUT2D eigenvalue weighted by Gasteiger charge is -2.41. The van der Waals surface area contributed by atoms with Gasteiger partial charge in [-0.3, -0.25) is 0 Å². The van der Waals surface area contributed by atoms with Crippen molar-refractivity contribution < 1.29 is 4.74 Å². The third kappa shape index (κ3) is 7.02. The van der Waals surface area contributed by atoms with Gasteiger partial charge in [0.1, 0.15) is 11.5 Å². The summed E-state index contributed by atoms with van der Waals surface area (Å²) in [6.07, 6.45) is 0. The number of hydrogen-bond acceptors (Lipinski definition) is 4.